The maximum absolute atomic E-state index is 3.87. The van der Waals surface area contributed by atoms with Crippen molar-refractivity contribution < 1.29 is 0 Å². The van der Waals surface area contributed by atoms with Gasteiger partial charge in [0.15, 0.2) is 0 Å². The maximum Gasteiger partial charge on any atom is 0.0500 e. The molecule has 50 valence electrons. The van der Waals surface area contributed by atoms with E-state index < -0.39 is 0 Å². The molecular weight excluding hydrogens is 269 g/mol. The summed E-state index contributed by atoms with van der Waals surface area (Å²) in [6, 6.07) is 1.88. The summed E-state index contributed by atoms with van der Waals surface area (Å²) < 4.78 is 2.02. The summed E-state index contributed by atoms with van der Waals surface area (Å²) in [6.07, 6.45) is 3.47. The molecule has 0 bridgehead atoms. The molecule has 9 heavy (non-hydrogen) atoms. The van der Waals surface area contributed by atoms with Crippen LogP contribution in [0.4, 0.5) is 0 Å². The fourth-order valence-electron chi connectivity index (χ4n) is 0.358. The van der Waals surface area contributed by atoms with Crippen LogP contribution < -0.4 is 0 Å². The lowest BCUT2D eigenvalue weighted by Crippen LogP contribution is -1.69. The van der Waals surface area contributed by atoms with E-state index in [2.05, 4.69) is 36.8 Å². The van der Waals surface area contributed by atoms with Crippen molar-refractivity contribution in [3.63, 3.8) is 0 Å². The maximum atomic E-state index is 3.87. The van der Waals surface area contributed by atoms with Crippen molar-refractivity contribution in [3.05, 3.63) is 27.4 Å². The Balaban J connectivity index is 0.000000640. The lowest BCUT2D eigenvalue weighted by atomic mass is 10.5. The van der Waals surface area contributed by atoms with Crippen LogP contribution in [0, 0.1) is 0 Å². The van der Waals surface area contributed by atoms with Gasteiger partial charge in [0, 0.05) is 16.9 Å². The highest BCUT2D eigenvalue weighted by Crippen LogP contribution is 2.19. The molecule has 0 fully saturated rings. The van der Waals surface area contributed by atoms with Crippen molar-refractivity contribution in [2.24, 2.45) is 0 Å². The van der Waals surface area contributed by atoms with Crippen LogP contribution in [0.2, 0.25) is 0 Å². The van der Waals surface area contributed by atoms with Crippen molar-refractivity contribution in [2.75, 3.05) is 0 Å². The van der Waals surface area contributed by atoms with Crippen molar-refractivity contribution >= 4 is 44.3 Å². The van der Waals surface area contributed by atoms with E-state index in [4.69, 9.17) is 0 Å². The number of pyridine rings is 1. The second-order valence-electron chi connectivity index (χ2n) is 1.29. The quantitative estimate of drug-likeness (QED) is 0.708. The molecule has 0 aromatic carbocycles. The van der Waals surface area contributed by atoms with Crippen molar-refractivity contribution in [1.29, 1.82) is 0 Å². The lowest BCUT2D eigenvalue weighted by Gasteiger charge is -1.88. The normalized spacial score (nSPS) is 8.22. The summed E-state index contributed by atoms with van der Waals surface area (Å²) in [7, 11) is 0. The van der Waals surface area contributed by atoms with Gasteiger partial charge in [0.05, 0.1) is 4.47 Å². The molecule has 4 heteroatoms. The number of halogens is 3. The van der Waals surface area contributed by atoms with Gasteiger partial charge in [0.1, 0.15) is 0 Å². The fraction of sp³-hybridized carbons (Fsp3) is 0. The first-order valence-corrected chi connectivity index (χ1v) is 3.64. The number of hydrogen-bond acceptors (Lipinski definition) is 1. The molecule has 0 spiro atoms. The van der Waals surface area contributed by atoms with E-state index in [1.165, 1.54) is 0 Å². The van der Waals surface area contributed by atoms with Gasteiger partial charge in [-0.25, -0.2) is 0 Å². The molecule has 0 saturated heterocycles. The molecule has 1 aromatic rings. The van der Waals surface area contributed by atoms with Crippen LogP contribution in [0.1, 0.15) is 0 Å². The molecule has 1 nitrogen and oxygen atoms in total. The van der Waals surface area contributed by atoms with E-state index >= 15 is 0 Å². The van der Waals surface area contributed by atoms with Gasteiger partial charge in [-0.1, -0.05) is 0 Å². The predicted molar refractivity (Wildman–Crippen MR) is 46.9 cm³/mol. The van der Waals surface area contributed by atoms with Crippen molar-refractivity contribution in [1.82, 2.24) is 4.98 Å². The first-order valence-electron chi connectivity index (χ1n) is 2.06. The summed E-state index contributed by atoms with van der Waals surface area (Å²) in [5, 5.41) is 0. The van der Waals surface area contributed by atoms with Crippen LogP contribution in [0.3, 0.4) is 0 Å². The Kier molecular flexibility index (Phi) is 4.44. The Morgan fingerprint density at radius 2 is 1.89 bits per heavy atom. The Bertz CT molecular complexity index is 171. The minimum atomic E-state index is 0. The number of nitrogens with zero attached hydrogens (tertiary/aromatic N) is 1. The molecule has 0 aliphatic heterocycles. The minimum Gasteiger partial charge on any atom is -0.263 e. The van der Waals surface area contributed by atoms with Crippen LogP contribution in [0.5, 0.6) is 0 Å². The fourth-order valence-corrected chi connectivity index (χ4v) is 0.829. The summed E-state index contributed by atoms with van der Waals surface area (Å²) in [4.78, 5) is 3.87. The zero-order valence-electron chi connectivity index (χ0n) is 4.34. The zero-order chi connectivity index (χ0) is 5.98. The van der Waals surface area contributed by atoms with E-state index in [1.54, 1.807) is 12.4 Å². The predicted octanol–water partition coefficient (Wildman–Crippen LogP) is 3.03. The molecule has 1 rings (SSSR count). The van der Waals surface area contributed by atoms with E-state index in [1.807, 2.05) is 6.07 Å². The summed E-state index contributed by atoms with van der Waals surface area (Å²) in [5.74, 6) is 0. The molecular formula is C5H4Br2ClN. The second-order valence-corrected chi connectivity index (χ2v) is 3.00. The minimum absolute atomic E-state index is 0. The highest BCUT2D eigenvalue weighted by atomic mass is 79.9. The van der Waals surface area contributed by atoms with E-state index in [0.717, 1.165) is 8.95 Å². The summed E-state index contributed by atoms with van der Waals surface area (Å²) >= 11 is 6.59. The summed E-state index contributed by atoms with van der Waals surface area (Å²) in [5.41, 5.74) is 0. The van der Waals surface area contributed by atoms with Gasteiger partial charge in [-0.15, -0.1) is 12.4 Å². The average Bonchev–Trinajstić information content (AvgIpc) is 1.77. The first kappa shape index (κ1) is 9.40. The Labute approximate surface area is 76.5 Å². The standard InChI is InChI=1S/C5H3Br2N.ClH/c6-4-1-2-8-3-5(4)7;/h1-3H;1H. The topological polar surface area (TPSA) is 12.9 Å². The molecule has 0 saturated carbocycles. The molecule has 0 amide bonds. The molecule has 1 aromatic heterocycles. The highest BCUT2D eigenvalue weighted by Gasteiger charge is 1.89. The van der Waals surface area contributed by atoms with Crippen LogP contribution >= 0.6 is 44.3 Å². The zero-order valence-corrected chi connectivity index (χ0v) is 8.33. The Morgan fingerprint density at radius 1 is 1.22 bits per heavy atom. The average molecular weight is 273 g/mol. The third kappa shape index (κ3) is 2.65. The van der Waals surface area contributed by atoms with Gasteiger partial charge in [-0.2, -0.15) is 0 Å². The van der Waals surface area contributed by atoms with Gasteiger partial charge < -0.3 is 0 Å². The van der Waals surface area contributed by atoms with Gasteiger partial charge in [-0.3, -0.25) is 4.98 Å². The second kappa shape index (κ2) is 4.25. The first-order chi connectivity index (χ1) is 3.80. The Morgan fingerprint density at radius 3 is 2.22 bits per heavy atom. The molecule has 0 radical (unpaired) electrons. The Hall–Kier alpha value is 0.400. The van der Waals surface area contributed by atoms with Gasteiger partial charge >= 0.3 is 0 Å². The molecule has 0 aliphatic carbocycles. The lowest BCUT2D eigenvalue weighted by molar-refractivity contribution is 1.29. The number of rotatable bonds is 0. The molecule has 0 atom stereocenters. The van der Waals surface area contributed by atoms with E-state index in [0.29, 0.717) is 0 Å². The van der Waals surface area contributed by atoms with Crippen LogP contribution in [-0.4, -0.2) is 4.98 Å². The third-order valence-electron chi connectivity index (χ3n) is 0.723. The molecule has 1 heterocycles. The smallest absolute Gasteiger partial charge is 0.0500 e. The summed E-state index contributed by atoms with van der Waals surface area (Å²) in [6.45, 7) is 0. The SMILES string of the molecule is Brc1ccncc1Br.Cl. The molecule has 0 N–H and O–H groups in total. The number of hydrogen-bond donors (Lipinski definition) is 0. The van der Waals surface area contributed by atoms with E-state index in [-0.39, 0.29) is 12.4 Å². The molecule has 0 aliphatic rings. The van der Waals surface area contributed by atoms with Gasteiger partial charge in [0.25, 0.3) is 0 Å². The number of aromatic nitrogens is 1. The highest BCUT2D eigenvalue weighted by molar-refractivity contribution is 9.13. The van der Waals surface area contributed by atoms with Gasteiger partial charge in [0.2, 0.25) is 0 Å². The largest absolute Gasteiger partial charge is 0.263 e. The van der Waals surface area contributed by atoms with Crippen molar-refractivity contribution in [2.45, 2.75) is 0 Å². The molecule has 0 unspecified atom stereocenters. The van der Waals surface area contributed by atoms with Crippen molar-refractivity contribution in [3.8, 4) is 0 Å². The van der Waals surface area contributed by atoms with Crippen LogP contribution in [0.25, 0.3) is 0 Å². The van der Waals surface area contributed by atoms with E-state index in [9.17, 15) is 0 Å². The van der Waals surface area contributed by atoms with Gasteiger partial charge in [-0.05, 0) is 37.9 Å². The third-order valence-corrected chi connectivity index (χ3v) is 2.58. The van der Waals surface area contributed by atoms with Crippen LogP contribution in [-0.2, 0) is 0 Å². The van der Waals surface area contributed by atoms with Crippen LogP contribution in [0.15, 0.2) is 27.4 Å². The monoisotopic (exact) mass is 271 g/mol.